The number of aliphatic hydroxyl groups is 1. The molecule has 1 saturated carbocycles. The minimum atomic E-state index is -0.0904. The number of aliphatic hydroxyl groups excluding tert-OH is 1. The molecular formula is C25H49NO3. The molecule has 1 aliphatic carbocycles. The van der Waals surface area contributed by atoms with Crippen molar-refractivity contribution in [3.05, 3.63) is 0 Å². The van der Waals surface area contributed by atoms with Crippen LogP contribution < -0.4 is 0 Å². The van der Waals surface area contributed by atoms with Crippen molar-refractivity contribution in [2.45, 2.75) is 135 Å². The van der Waals surface area contributed by atoms with Gasteiger partial charge in [0.15, 0.2) is 0 Å². The van der Waals surface area contributed by atoms with Crippen LogP contribution in [0, 0.1) is 5.92 Å². The first-order valence-corrected chi connectivity index (χ1v) is 12.8. The number of nitrogens with zero attached hydrogens (tertiary/aromatic N) is 1. The zero-order chi connectivity index (χ0) is 21.2. The van der Waals surface area contributed by atoms with Gasteiger partial charge in [0.25, 0.3) is 0 Å². The van der Waals surface area contributed by atoms with Gasteiger partial charge in [-0.25, -0.2) is 0 Å². The Morgan fingerprint density at radius 3 is 1.86 bits per heavy atom. The van der Waals surface area contributed by atoms with Crippen LogP contribution in [0.3, 0.4) is 0 Å². The first-order valence-electron chi connectivity index (χ1n) is 12.8. The van der Waals surface area contributed by atoms with Crippen LogP contribution >= 0.6 is 0 Å². The molecule has 4 nitrogen and oxygen atoms in total. The Labute approximate surface area is 180 Å². The van der Waals surface area contributed by atoms with Crippen molar-refractivity contribution >= 4 is 5.97 Å². The Hall–Kier alpha value is -0.610. The first-order chi connectivity index (χ1) is 14.2. The van der Waals surface area contributed by atoms with Gasteiger partial charge in [-0.15, -0.1) is 5.06 Å². The summed E-state index contributed by atoms with van der Waals surface area (Å²) in [5.74, 6) is 0.365. The lowest BCUT2D eigenvalue weighted by molar-refractivity contribution is -0.213. The lowest BCUT2D eigenvalue weighted by Gasteiger charge is -2.35. The average Bonchev–Trinajstić information content (AvgIpc) is 2.65. The van der Waals surface area contributed by atoms with E-state index in [0.717, 1.165) is 25.7 Å². The van der Waals surface area contributed by atoms with E-state index >= 15 is 0 Å². The van der Waals surface area contributed by atoms with Crippen molar-refractivity contribution in [3.8, 4) is 0 Å². The number of hydrogen-bond acceptors (Lipinski definition) is 4. The van der Waals surface area contributed by atoms with Gasteiger partial charge in [-0.3, -0.25) is 4.79 Å². The molecule has 1 fully saturated rings. The van der Waals surface area contributed by atoms with E-state index in [-0.39, 0.29) is 12.6 Å². The molecule has 0 bridgehead atoms. The van der Waals surface area contributed by atoms with E-state index in [0.29, 0.717) is 24.9 Å². The monoisotopic (exact) mass is 411 g/mol. The summed E-state index contributed by atoms with van der Waals surface area (Å²) in [5, 5.41) is 11.0. The van der Waals surface area contributed by atoms with E-state index in [9.17, 15) is 9.90 Å². The summed E-state index contributed by atoms with van der Waals surface area (Å²) >= 11 is 0. The topological polar surface area (TPSA) is 49.8 Å². The van der Waals surface area contributed by atoms with Gasteiger partial charge in [0.1, 0.15) is 0 Å². The van der Waals surface area contributed by atoms with E-state index in [1.807, 2.05) is 0 Å². The minimum absolute atomic E-state index is 0.0444. The van der Waals surface area contributed by atoms with Crippen LogP contribution in [0.1, 0.15) is 129 Å². The van der Waals surface area contributed by atoms with Gasteiger partial charge < -0.3 is 9.94 Å². The molecule has 172 valence electrons. The number of hydrogen-bond donors (Lipinski definition) is 1. The molecule has 0 aliphatic heterocycles. The van der Waals surface area contributed by atoms with Gasteiger partial charge >= 0.3 is 5.97 Å². The molecule has 0 amide bonds. The van der Waals surface area contributed by atoms with Crippen LogP contribution in [0.2, 0.25) is 0 Å². The zero-order valence-corrected chi connectivity index (χ0v) is 19.5. The maximum atomic E-state index is 12.6. The van der Waals surface area contributed by atoms with E-state index in [1.54, 1.807) is 5.06 Å². The molecule has 0 aromatic heterocycles. The second-order valence-corrected chi connectivity index (χ2v) is 9.10. The molecule has 0 spiro atoms. The first kappa shape index (κ1) is 26.4. The van der Waals surface area contributed by atoms with Gasteiger partial charge in [0, 0.05) is 6.04 Å². The van der Waals surface area contributed by atoms with E-state index in [4.69, 9.17) is 4.84 Å². The van der Waals surface area contributed by atoms with Crippen molar-refractivity contribution in [1.82, 2.24) is 5.06 Å². The highest BCUT2D eigenvalue weighted by molar-refractivity contribution is 5.69. The van der Waals surface area contributed by atoms with Gasteiger partial charge in [-0.05, 0) is 31.6 Å². The molecule has 0 unspecified atom stereocenters. The van der Waals surface area contributed by atoms with Gasteiger partial charge in [0.2, 0.25) is 0 Å². The molecule has 1 N–H and O–H groups in total. The molecular weight excluding hydrogens is 362 g/mol. The Balaban J connectivity index is 2.35. The predicted octanol–water partition coefficient (Wildman–Crippen LogP) is 6.80. The molecule has 0 aromatic carbocycles. The maximum Gasteiger partial charge on any atom is 0.325 e. The molecule has 0 atom stereocenters. The summed E-state index contributed by atoms with van der Waals surface area (Å²) in [5.41, 5.74) is 0. The Morgan fingerprint density at radius 1 is 0.897 bits per heavy atom. The number of carbonyl (C=O) groups is 1. The quantitative estimate of drug-likeness (QED) is 0.177. The Kier molecular flexibility index (Phi) is 16.6. The third kappa shape index (κ3) is 13.3. The van der Waals surface area contributed by atoms with Crippen molar-refractivity contribution < 1.29 is 14.7 Å². The predicted molar refractivity (Wildman–Crippen MR) is 122 cm³/mol. The van der Waals surface area contributed by atoms with Crippen LogP contribution in [0.4, 0.5) is 0 Å². The van der Waals surface area contributed by atoms with Crippen molar-refractivity contribution in [2.24, 2.45) is 5.92 Å². The van der Waals surface area contributed by atoms with E-state index in [1.165, 1.54) is 83.5 Å². The minimum Gasteiger partial charge on any atom is -0.395 e. The second kappa shape index (κ2) is 18.2. The summed E-state index contributed by atoms with van der Waals surface area (Å²) in [4.78, 5) is 18.3. The Bertz CT molecular complexity index is 368. The fraction of sp³-hybridized carbons (Fsp3) is 0.960. The fourth-order valence-corrected chi connectivity index (χ4v) is 4.25. The van der Waals surface area contributed by atoms with E-state index < -0.39 is 0 Å². The number of rotatable bonds is 20. The third-order valence-electron chi connectivity index (χ3n) is 6.41. The maximum absolute atomic E-state index is 12.6. The van der Waals surface area contributed by atoms with Crippen molar-refractivity contribution in [3.63, 3.8) is 0 Å². The average molecular weight is 412 g/mol. The summed E-state index contributed by atoms with van der Waals surface area (Å²) in [6.07, 6.45) is 21.9. The number of unbranched alkanes of at least 4 members (excludes halogenated alkanes) is 10. The standard InChI is InChI=1S/C25H49NO3/c1-3-5-7-9-11-13-16-23(17-14-12-10-8-6-4-2)22-25(28)29-26(20-21-27)24-18-15-19-24/h23-24,27H,3-22H2,1-2H3. The third-order valence-corrected chi connectivity index (χ3v) is 6.41. The molecule has 0 saturated heterocycles. The number of carbonyl (C=O) groups excluding carboxylic acids is 1. The van der Waals surface area contributed by atoms with Gasteiger partial charge in [-0.1, -0.05) is 97.3 Å². The van der Waals surface area contributed by atoms with Crippen LogP contribution in [0.5, 0.6) is 0 Å². The van der Waals surface area contributed by atoms with Gasteiger partial charge in [-0.2, -0.15) is 0 Å². The molecule has 1 aliphatic rings. The summed E-state index contributed by atoms with van der Waals surface area (Å²) < 4.78 is 0. The van der Waals surface area contributed by atoms with Crippen LogP contribution in [-0.4, -0.2) is 35.3 Å². The van der Waals surface area contributed by atoms with E-state index in [2.05, 4.69) is 13.8 Å². The zero-order valence-electron chi connectivity index (χ0n) is 19.5. The Morgan fingerprint density at radius 2 is 1.41 bits per heavy atom. The normalized spacial score (nSPS) is 14.5. The lowest BCUT2D eigenvalue weighted by Crippen LogP contribution is -2.43. The SMILES string of the molecule is CCCCCCCCC(CCCCCCCC)CC(=O)ON(CCO)C1CCC1. The highest BCUT2D eigenvalue weighted by atomic mass is 16.7. The number of hydroxylamine groups is 2. The highest BCUT2D eigenvalue weighted by Gasteiger charge is 2.28. The molecule has 0 radical (unpaired) electrons. The van der Waals surface area contributed by atoms with Crippen LogP contribution in [0.25, 0.3) is 0 Å². The van der Waals surface area contributed by atoms with Crippen molar-refractivity contribution in [1.29, 1.82) is 0 Å². The van der Waals surface area contributed by atoms with Gasteiger partial charge in [0.05, 0.1) is 19.6 Å². The summed E-state index contributed by atoms with van der Waals surface area (Å²) in [7, 11) is 0. The molecule has 0 heterocycles. The summed E-state index contributed by atoms with van der Waals surface area (Å²) in [6, 6.07) is 0.321. The highest BCUT2D eigenvalue weighted by Crippen LogP contribution is 2.27. The smallest absolute Gasteiger partial charge is 0.325 e. The largest absolute Gasteiger partial charge is 0.395 e. The molecule has 4 heteroatoms. The van der Waals surface area contributed by atoms with Crippen molar-refractivity contribution in [2.75, 3.05) is 13.2 Å². The molecule has 29 heavy (non-hydrogen) atoms. The second-order valence-electron chi connectivity index (χ2n) is 9.10. The van der Waals surface area contributed by atoms with Crippen LogP contribution in [-0.2, 0) is 9.63 Å². The van der Waals surface area contributed by atoms with Crippen LogP contribution in [0.15, 0.2) is 0 Å². The molecule has 0 aromatic rings. The fourth-order valence-electron chi connectivity index (χ4n) is 4.25. The summed E-state index contributed by atoms with van der Waals surface area (Å²) in [6.45, 7) is 5.00. The molecule has 1 rings (SSSR count). The lowest BCUT2D eigenvalue weighted by atomic mass is 9.91.